The van der Waals surface area contributed by atoms with Crippen molar-refractivity contribution >= 4 is 33.2 Å². The highest BCUT2D eigenvalue weighted by Gasteiger charge is 2.12. The molecular weight excluding hydrogens is 321 g/mol. The van der Waals surface area contributed by atoms with Gasteiger partial charge >= 0.3 is 10.1 Å². The average Bonchev–Trinajstić information content (AvgIpc) is 2.53. The summed E-state index contributed by atoms with van der Waals surface area (Å²) in [4.78, 5) is 0.187. The molecule has 1 rings (SSSR count). The van der Waals surface area contributed by atoms with Gasteiger partial charge in [0.15, 0.2) is 0 Å². The van der Waals surface area contributed by atoms with Crippen molar-refractivity contribution < 1.29 is 12.6 Å². The van der Waals surface area contributed by atoms with Crippen LogP contribution in [0, 0.1) is 0 Å². The van der Waals surface area contributed by atoms with Crippen LogP contribution < -0.4 is 0 Å². The summed E-state index contributed by atoms with van der Waals surface area (Å²) in [7, 11) is -3.66. The molecule has 0 atom stereocenters. The average molecular weight is 349 g/mol. The van der Waals surface area contributed by atoms with Gasteiger partial charge in [-0.05, 0) is 31.1 Å². The molecule has 0 spiro atoms. The minimum atomic E-state index is -3.66. The third kappa shape index (κ3) is 10.8. The molecule has 0 heterocycles. The highest BCUT2D eigenvalue weighted by molar-refractivity contribution is 7.86. The van der Waals surface area contributed by atoms with Crippen molar-refractivity contribution in [2.75, 3.05) is 0 Å². The van der Waals surface area contributed by atoms with Gasteiger partial charge in [-0.25, -0.2) is 0 Å². The molecule has 2 radical (unpaired) electrons. The molecule has 5 heteroatoms. The fourth-order valence-corrected chi connectivity index (χ4v) is 3.05. The van der Waals surface area contributed by atoms with E-state index in [1.165, 1.54) is 63.3 Å². The second-order valence-corrected chi connectivity index (χ2v) is 7.07. The fourth-order valence-electron chi connectivity index (χ4n) is 2.22. The number of hydrogen-bond donors (Lipinski definition) is 0. The van der Waals surface area contributed by atoms with Crippen LogP contribution in [0.5, 0.6) is 0 Å². The highest BCUT2D eigenvalue weighted by Crippen LogP contribution is 2.12. The van der Waals surface area contributed by atoms with E-state index in [9.17, 15) is 8.42 Å². The zero-order valence-electron chi connectivity index (χ0n) is 14.2. The lowest BCUT2D eigenvalue weighted by molar-refractivity contribution is 0.441. The maximum absolute atomic E-state index is 11.8. The summed E-state index contributed by atoms with van der Waals surface area (Å²) in [5.41, 5.74) is 0. The molecule has 0 saturated carbocycles. The Kier molecular flexibility index (Phi) is 13.6. The van der Waals surface area contributed by atoms with Crippen LogP contribution in [0.1, 0.15) is 64.7 Å². The summed E-state index contributed by atoms with van der Waals surface area (Å²) in [6.07, 6.45) is 14.1. The van der Waals surface area contributed by atoms with Gasteiger partial charge in [0.2, 0.25) is 0 Å². The van der Waals surface area contributed by atoms with Crippen molar-refractivity contribution in [3.63, 3.8) is 0 Å². The second kappa shape index (κ2) is 13.9. The molecule has 0 aromatic heterocycles. The van der Waals surface area contributed by atoms with Gasteiger partial charge in [0.25, 0.3) is 0 Å². The molecule has 23 heavy (non-hydrogen) atoms. The Morgan fingerprint density at radius 1 is 0.913 bits per heavy atom. The summed E-state index contributed by atoms with van der Waals surface area (Å²) >= 11 is 0. The van der Waals surface area contributed by atoms with Gasteiger partial charge in [0, 0.05) is 23.1 Å². The lowest BCUT2D eigenvalue weighted by Crippen LogP contribution is -2.01. The van der Waals surface area contributed by atoms with Crippen molar-refractivity contribution in [2.24, 2.45) is 0 Å². The summed E-state index contributed by atoms with van der Waals surface area (Å²) in [5, 5.41) is 0. The van der Waals surface area contributed by atoms with Crippen molar-refractivity contribution in [1.29, 1.82) is 0 Å². The molecule has 0 fully saturated rings. The van der Waals surface area contributed by atoms with E-state index in [0.29, 0.717) is 0 Å². The normalized spacial score (nSPS) is 11.3. The van der Waals surface area contributed by atoms with Gasteiger partial charge in [-0.1, -0.05) is 70.1 Å². The third-order valence-corrected chi connectivity index (χ3v) is 4.75. The molecule has 0 aliphatic rings. The molecule has 3 nitrogen and oxygen atoms in total. The molecule has 0 amide bonds. The molecular formula is C18H28MgO3S. The molecule has 0 aliphatic heterocycles. The van der Waals surface area contributed by atoms with Crippen LogP contribution in [0.25, 0.3) is 0 Å². The summed E-state index contributed by atoms with van der Waals surface area (Å²) in [5.74, 6) is 0. The first-order chi connectivity index (χ1) is 10.7. The maximum Gasteiger partial charge on any atom is 0.338 e. The van der Waals surface area contributed by atoms with E-state index in [0.717, 1.165) is 12.8 Å². The van der Waals surface area contributed by atoms with Crippen molar-refractivity contribution in [1.82, 2.24) is 0 Å². The van der Waals surface area contributed by atoms with Crippen LogP contribution in [0.2, 0.25) is 0 Å². The highest BCUT2D eigenvalue weighted by atomic mass is 32.2. The smallest absolute Gasteiger partial charge is 0.338 e. The van der Waals surface area contributed by atoms with Crippen LogP contribution in [0.15, 0.2) is 47.6 Å². The number of benzene rings is 1. The first-order valence-corrected chi connectivity index (χ1v) is 9.71. The molecule has 126 valence electrons. The van der Waals surface area contributed by atoms with Crippen LogP contribution >= 0.6 is 0 Å². The molecule has 0 N–H and O–H groups in total. The molecule has 0 saturated heterocycles. The Bertz CT molecular complexity index is 512. The third-order valence-electron chi connectivity index (χ3n) is 3.53. The van der Waals surface area contributed by atoms with E-state index >= 15 is 0 Å². The number of hydrogen-bond acceptors (Lipinski definition) is 3. The maximum atomic E-state index is 11.8. The molecule has 1 aromatic rings. The van der Waals surface area contributed by atoms with Crippen molar-refractivity contribution in [2.45, 2.75) is 69.6 Å². The monoisotopic (exact) mass is 348 g/mol. The summed E-state index contributed by atoms with van der Waals surface area (Å²) in [6, 6.07) is 8.20. The van der Waals surface area contributed by atoms with E-state index in [1.807, 2.05) is 0 Å². The predicted octanol–water partition coefficient (Wildman–Crippen LogP) is 5.06. The SMILES string of the molecule is CCCCCCCCCCC=COS(=O)(=O)c1ccccc1.[Mg]. The quantitative estimate of drug-likeness (QED) is 0.229. The zero-order valence-corrected chi connectivity index (χ0v) is 16.5. The Hall–Kier alpha value is -0.524. The Balaban J connectivity index is 0.00000484. The molecule has 1 aromatic carbocycles. The summed E-state index contributed by atoms with van der Waals surface area (Å²) in [6.45, 7) is 2.23. The first kappa shape index (κ1) is 22.5. The van der Waals surface area contributed by atoms with E-state index in [1.54, 1.807) is 24.3 Å². The van der Waals surface area contributed by atoms with Crippen LogP contribution in [0.3, 0.4) is 0 Å². The zero-order chi connectivity index (χ0) is 16.1. The fraction of sp³-hybridized carbons (Fsp3) is 0.556. The van der Waals surface area contributed by atoms with Crippen LogP contribution in [-0.4, -0.2) is 31.5 Å². The van der Waals surface area contributed by atoms with Gasteiger partial charge in [-0.2, -0.15) is 8.42 Å². The van der Waals surface area contributed by atoms with E-state index in [4.69, 9.17) is 4.18 Å². The minimum absolute atomic E-state index is 0. The second-order valence-electron chi connectivity index (χ2n) is 5.50. The molecule has 0 unspecified atom stereocenters. The minimum Gasteiger partial charge on any atom is -0.387 e. The Labute approximate surface area is 157 Å². The van der Waals surface area contributed by atoms with E-state index in [-0.39, 0.29) is 27.9 Å². The summed E-state index contributed by atoms with van der Waals surface area (Å²) < 4.78 is 28.5. The number of rotatable bonds is 12. The predicted molar refractivity (Wildman–Crippen MR) is 96.8 cm³/mol. The molecule has 0 aliphatic carbocycles. The number of unbranched alkanes of at least 4 members (excludes halogenated alkanes) is 8. The van der Waals surface area contributed by atoms with Gasteiger partial charge < -0.3 is 4.18 Å². The van der Waals surface area contributed by atoms with Crippen molar-refractivity contribution in [3.05, 3.63) is 42.7 Å². The first-order valence-electron chi connectivity index (χ1n) is 8.30. The number of allylic oxidation sites excluding steroid dienone is 1. The Morgan fingerprint density at radius 2 is 1.48 bits per heavy atom. The van der Waals surface area contributed by atoms with E-state index in [2.05, 4.69) is 6.92 Å². The topological polar surface area (TPSA) is 43.4 Å². The van der Waals surface area contributed by atoms with Crippen LogP contribution in [0.4, 0.5) is 0 Å². The largest absolute Gasteiger partial charge is 0.387 e. The molecule has 0 bridgehead atoms. The van der Waals surface area contributed by atoms with Crippen LogP contribution in [-0.2, 0) is 14.3 Å². The standard InChI is InChI=1S/C18H28O3S.Mg/c1-2-3-4-5-6-7-8-9-10-14-17-21-22(19,20)18-15-12-11-13-16-18;/h11-17H,2-10H2,1H3;. The van der Waals surface area contributed by atoms with Gasteiger partial charge in [0.1, 0.15) is 11.2 Å². The Morgan fingerprint density at radius 3 is 2.09 bits per heavy atom. The van der Waals surface area contributed by atoms with Crippen molar-refractivity contribution in [3.8, 4) is 0 Å². The lowest BCUT2D eigenvalue weighted by Gasteiger charge is -2.02. The lowest BCUT2D eigenvalue weighted by atomic mass is 10.1. The van der Waals surface area contributed by atoms with Gasteiger partial charge in [-0.15, -0.1) is 0 Å². The van der Waals surface area contributed by atoms with Gasteiger partial charge in [-0.3, -0.25) is 0 Å². The van der Waals surface area contributed by atoms with E-state index < -0.39 is 10.1 Å². The van der Waals surface area contributed by atoms with Gasteiger partial charge in [0.05, 0.1) is 0 Å².